The molecule has 0 saturated carbocycles. The molecule has 0 spiro atoms. The molecule has 0 bridgehead atoms. The van der Waals surface area contributed by atoms with Crippen molar-refractivity contribution >= 4 is 17.2 Å². The van der Waals surface area contributed by atoms with Crippen LogP contribution >= 0.6 is 12.2 Å². The minimum Gasteiger partial charge on any atom is -0.492 e. The number of furan rings is 1. The molecule has 0 unspecified atom stereocenters. The van der Waals surface area contributed by atoms with Gasteiger partial charge in [-0.05, 0) is 25.2 Å². The highest BCUT2D eigenvalue weighted by atomic mass is 32.1. The molecule has 4 nitrogen and oxygen atoms in total. The second-order valence-corrected chi connectivity index (χ2v) is 5.05. The number of benzene rings is 1. The van der Waals surface area contributed by atoms with E-state index in [1.54, 1.807) is 12.5 Å². The molecular formula is C15H18N2O2S. The van der Waals surface area contributed by atoms with Crippen molar-refractivity contribution in [2.75, 3.05) is 20.2 Å². The second kappa shape index (κ2) is 7.07. The van der Waals surface area contributed by atoms with Crippen molar-refractivity contribution in [3.8, 4) is 5.75 Å². The lowest BCUT2D eigenvalue weighted by Gasteiger charge is -2.16. The molecule has 0 amide bonds. The minimum absolute atomic E-state index is 0.382. The van der Waals surface area contributed by atoms with Gasteiger partial charge in [-0.1, -0.05) is 24.4 Å². The SMILES string of the molecule is CN(CCOc1cccc(C(N)=S)c1)Cc1ccoc1. The molecule has 0 fully saturated rings. The van der Waals surface area contributed by atoms with Gasteiger partial charge >= 0.3 is 0 Å². The third-order valence-electron chi connectivity index (χ3n) is 2.89. The first-order chi connectivity index (χ1) is 9.65. The normalized spacial score (nSPS) is 10.7. The van der Waals surface area contributed by atoms with E-state index < -0.39 is 0 Å². The van der Waals surface area contributed by atoms with Crippen molar-refractivity contribution in [1.29, 1.82) is 0 Å². The van der Waals surface area contributed by atoms with Crippen molar-refractivity contribution in [1.82, 2.24) is 4.90 Å². The fraction of sp³-hybridized carbons (Fsp3) is 0.267. The second-order valence-electron chi connectivity index (χ2n) is 4.61. The van der Waals surface area contributed by atoms with Crippen molar-refractivity contribution < 1.29 is 9.15 Å². The zero-order chi connectivity index (χ0) is 14.4. The van der Waals surface area contributed by atoms with Crippen molar-refractivity contribution in [2.24, 2.45) is 5.73 Å². The molecule has 5 heteroatoms. The summed E-state index contributed by atoms with van der Waals surface area (Å²) in [6.07, 6.45) is 3.43. The quantitative estimate of drug-likeness (QED) is 0.794. The molecule has 1 aromatic heterocycles. The summed E-state index contributed by atoms with van der Waals surface area (Å²) >= 11 is 4.95. The zero-order valence-electron chi connectivity index (χ0n) is 11.4. The van der Waals surface area contributed by atoms with Crippen LogP contribution in [0.3, 0.4) is 0 Å². The van der Waals surface area contributed by atoms with Crippen LogP contribution in [-0.4, -0.2) is 30.1 Å². The van der Waals surface area contributed by atoms with Crippen LogP contribution in [0.5, 0.6) is 5.75 Å². The van der Waals surface area contributed by atoms with Crippen LogP contribution in [0.2, 0.25) is 0 Å². The molecule has 1 aromatic carbocycles. The van der Waals surface area contributed by atoms with Gasteiger partial charge in [-0.3, -0.25) is 4.90 Å². The lowest BCUT2D eigenvalue weighted by Crippen LogP contribution is -2.23. The van der Waals surface area contributed by atoms with E-state index in [9.17, 15) is 0 Å². The Hall–Kier alpha value is -1.85. The van der Waals surface area contributed by atoms with Gasteiger partial charge in [0.05, 0.1) is 12.5 Å². The predicted molar refractivity (Wildman–Crippen MR) is 82.9 cm³/mol. The average Bonchev–Trinajstić information content (AvgIpc) is 2.92. The van der Waals surface area contributed by atoms with Crippen molar-refractivity contribution in [3.05, 3.63) is 54.0 Å². The highest BCUT2D eigenvalue weighted by Gasteiger charge is 2.03. The number of likely N-dealkylation sites (N-methyl/N-ethyl adjacent to an activating group) is 1. The minimum atomic E-state index is 0.382. The van der Waals surface area contributed by atoms with Crippen molar-refractivity contribution in [3.63, 3.8) is 0 Å². The van der Waals surface area contributed by atoms with Gasteiger partial charge in [0.15, 0.2) is 0 Å². The number of ether oxygens (including phenoxy) is 1. The Morgan fingerprint density at radius 1 is 1.40 bits per heavy atom. The smallest absolute Gasteiger partial charge is 0.120 e. The van der Waals surface area contributed by atoms with E-state index in [0.717, 1.165) is 30.0 Å². The summed E-state index contributed by atoms with van der Waals surface area (Å²) in [6, 6.07) is 9.48. The first kappa shape index (κ1) is 14.6. The Labute approximate surface area is 124 Å². The van der Waals surface area contributed by atoms with Crippen LogP contribution in [0.15, 0.2) is 47.3 Å². The molecule has 0 aliphatic carbocycles. The number of hydrogen-bond acceptors (Lipinski definition) is 4. The topological polar surface area (TPSA) is 51.6 Å². The van der Waals surface area contributed by atoms with Gasteiger partial charge in [-0.2, -0.15) is 0 Å². The highest BCUT2D eigenvalue weighted by Crippen LogP contribution is 2.13. The third kappa shape index (κ3) is 4.36. The Morgan fingerprint density at radius 3 is 2.95 bits per heavy atom. The molecule has 20 heavy (non-hydrogen) atoms. The number of nitrogens with two attached hydrogens (primary N) is 1. The molecule has 2 N–H and O–H groups in total. The van der Waals surface area contributed by atoms with Crippen LogP contribution in [-0.2, 0) is 6.54 Å². The number of nitrogens with zero attached hydrogens (tertiary/aromatic N) is 1. The lowest BCUT2D eigenvalue weighted by atomic mass is 10.2. The van der Waals surface area contributed by atoms with E-state index in [1.165, 1.54) is 0 Å². The summed E-state index contributed by atoms with van der Waals surface area (Å²) in [5.74, 6) is 0.784. The van der Waals surface area contributed by atoms with E-state index in [-0.39, 0.29) is 0 Å². The van der Waals surface area contributed by atoms with E-state index in [0.29, 0.717) is 11.6 Å². The molecule has 0 saturated heterocycles. The maximum Gasteiger partial charge on any atom is 0.120 e. The van der Waals surface area contributed by atoms with E-state index in [4.69, 9.17) is 27.1 Å². The fourth-order valence-corrected chi connectivity index (χ4v) is 1.96. The molecule has 0 radical (unpaired) electrons. The van der Waals surface area contributed by atoms with Crippen LogP contribution in [0.1, 0.15) is 11.1 Å². The van der Waals surface area contributed by atoms with Gasteiger partial charge in [0.25, 0.3) is 0 Å². The number of thiocarbonyl (C=S) groups is 1. The first-order valence-corrected chi connectivity index (χ1v) is 6.78. The van der Waals surface area contributed by atoms with Crippen LogP contribution in [0.4, 0.5) is 0 Å². The maximum absolute atomic E-state index is 5.71. The first-order valence-electron chi connectivity index (χ1n) is 6.37. The summed E-state index contributed by atoms with van der Waals surface area (Å²) in [4.78, 5) is 2.55. The summed E-state index contributed by atoms with van der Waals surface area (Å²) in [5.41, 5.74) is 7.57. The molecule has 106 valence electrons. The van der Waals surface area contributed by atoms with Crippen LogP contribution < -0.4 is 10.5 Å². The number of hydrogen-bond donors (Lipinski definition) is 1. The molecular weight excluding hydrogens is 272 g/mol. The zero-order valence-corrected chi connectivity index (χ0v) is 12.2. The largest absolute Gasteiger partial charge is 0.492 e. The Balaban J connectivity index is 1.78. The average molecular weight is 290 g/mol. The van der Waals surface area contributed by atoms with Gasteiger partial charge in [0.1, 0.15) is 17.3 Å². The van der Waals surface area contributed by atoms with Gasteiger partial charge in [0.2, 0.25) is 0 Å². The summed E-state index contributed by atoms with van der Waals surface area (Å²) in [5, 5.41) is 0. The van der Waals surface area contributed by atoms with Gasteiger partial charge in [-0.25, -0.2) is 0 Å². The number of rotatable bonds is 7. The van der Waals surface area contributed by atoms with Gasteiger partial charge in [-0.15, -0.1) is 0 Å². The maximum atomic E-state index is 5.71. The van der Waals surface area contributed by atoms with Gasteiger partial charge < -0.3 is 14.9 Å². The van der Waals surface area contributed by atoms with Crippen molar-refractivity contribution in [2.45, 2.75) is 6.54 Å². The predicted octanol–water partition coefficient (Wildman–Crippen LogP) is 2.42. The van der Waals surface area contributed by atoms with Crippen LogP contribution in [0, 0.1) is 0 Å². The standard InChI is InChI=1S/C15H18N2O2S/c1-17(10-12-5-7-18-11-12)6-8-19-14-4-2-3-13(9-14)15(16)20/h2-5,7,9,11H,6,8,10H2,1H3,(H2,16,20). The molecule has 2 rings (SSSR count). The van der Waals surface area contributed by atoms with E-state index in [2.05, 4.69) is 4.90 Å². The third-order valence-corrected chi connectivity index (χ3v) is 3.13. The molecule has 1 heterocycles. The Bertz CT molecular complexity index is 555. The molecule has 0 atom stereocenters. The summed E-state index contributed by atoms with van der Waals surface area (Å²) < 4.78 is 10.7. The fourth-order valence-electron chi connectivity index (χ4n) is 1.83. The Morgan fingerprint density at radius 2 is 2.25 bits per heavy atom. The monoisotopic (exact) mass is 290 g/mol. The summed E-state index contributed by atoms with van der Waals surface area (Å²) in [7, 11) is 2.04. The van der Waals surface area contributed by atoms with E-state index >= 15 is 0 Å². The molecule has 0 aliphatic heterocycles. The highest BCUT2D eigenvalue weighted by molar-refractivity contribution is 7.80. The Kier molecular flexibility index (Phi) is 5.15. The van der Waals surface area contributed by atoms with Gasteiger partial charge in [0, 0.05) is 24.2 Å². The van der Waals surface area contributed by atoms with E-state index in [1.807, 2.05) is 37.4 Å². The lowest BCUT2D eigenvalue weighted by molar-refractivity contribution is 0.232. The molecule has 2 aromatic rings. The molecule has 0 aliphatic rings. The summed E-state index contributed by atoms with van der Waals surface area (Å²) in [6.45, 7) is 2.27. The van der Waals surface area contributed by atoms with Crippen LogP contribution in [0.25, 0.3) is 0 Å².